The van der Waals surface area contributed by atoms with Gasteiger partial charge in [-0.2, -0.15) is 0 Å². The van der Waals surface area contributed by atoms with Gasteiger partial charge in [-0.25, -0.2) is 4.79 Å². The van der Waals surface area contributed by atoms with Gasteiger partial charge in [0.05, 0.1) is 7.11 Å². The lowest BCUT2D eigenvalue weighted by Crippen LogP contribution is -2.12. The molecule has 0 radical (unpaired) electrons. The summed E-state index contributed by atoms with van der Waals surface area (Å²) >= 11 is 0. The summed E-state index contributed by atoms with van der Waals surface area (Å²) < 4.78 is 9.73. The standard InChI is InChI=1S/C19H19N3O4/c1-25-18(24)12-26-16-9-2-13(3-10-16)4-11-17(23)22-15-7-5-14(6-8-15)19(20)21/h2-11H,12H2,1H3,(H3,20,21)(H,22,23)/b11-4+. The fraction of sp³-hybridized carbons (Fsp3) is 0.105. The normalized spacial score (nSPS) is 10.3. The maximum atomic E-state index is 11.9. The Labute approximate surface area is 150 Å². The van der Waals surface area contributed by atoms with Gasteiger partial charge in [0.25, 0.3) is 0 Å². The van der Waals surface area contributed by atoms with Gasteiger partial charge in [-0.05, 0) is 48.0 Å². The van der Waals surface area contributed by atoms with Crippen LogP contribution in [0.2, 0.25) is 0 Å². The van der Waals surface area contributed by atoms with Crippen LogP contribution in [0, 0.1) is 5.41 Å². The summed E-state index contributed by atoms with van der Waals surface area (Å²) in [7, 11) is 1.29. The molecule has 2 aromatic rings. The first-order valence-electron chi connectivity index (χ1n) is 7.71. The number of nitrogens with two attached hydrogens (primary N) is 1. The van der Waals surface area contributed by atoms with Gasteiger partial charge in [-0.3, -0.25) is 10.2 Å². The maximum Gasteiger partial charge on any atom is 0.343 e. The monoisotopic (exact) mass is 353 g/mol. The highest BCUT2D eigenvalue weighted by molar-refractivity contribution is 6.02. The van der Waals surface area contributed by atoms with Crippen molar-refractivity contribution in [1.82, 2.24) is 0 Å². The summed E-state index contributed by atoms with van der Waals surface area (Å²) in [4.78, 5) is 23.0. The molecule has 0 heterocycles. The molecule has 4 N–H and O–H groups in total. The largest absolute Gasteiger partial charge is 0.482 e. The average Bonchev–Trinajstić information content (AvgIpc) is 2.65. The van der Waals surface area contributed by atoms with Crippen LogP contribution in [0.5, 0.6) is 5.75 Å². The second-order valence-corrected chi connectivity index (χ2v) is 5.25. The highest BCUT2D eigenvalue weighted by Gasteiger charge is 2.02. The summed E-state index contributed by atoms with van der Waals surface area (Å²) in [5.74, 6) is -0.238. The number of amidine groups is 1. The van der Waals surface area contributed by atoms with Crippen LogP contribution < -0.4 is 15.8 Å². The number of amides is 1. The Bertz CT molecular complexity index is 812. The summed E-state index contributed by atoms with van der Waals surface area (Å²) in [6, 6.07) is 13.6. The molecular weight excluding hydrogens is 334 g/mol. The van der Waals surface area contributed by atoms with Crippen LogP contribution in [0.1, 0.15) is 11.1 Å². The van der Waals surface area contributed by atoms with E-state index < -0.39 is 5.97 Å². The summed E-state index contributed by atoms with van der Waals surface area (Å²) in [6.45, 7) is -0.156. The van der Waals surface area contributed by atoms with Crippen molar-refractivity contribution < 1.29 is 19.1 Å². The number of benzene rings is 2. The molecule has 0 aromatic heterocycles. The molecule has 134 valence electrons. The highest BCUT2D eigenvalue weighted by Crippen LogP contribution is 2.14. The van der Waals surface area contributed by atoms with Crippen molar-refractivity contribution >= 4 is 29.5 Å². The Morgan fingerprint density at radius 3 is 2.35 bits per heavy atom. The number of anilines is 1. The van der Waals surface area contributed by atoms with E-state index >= 15 is 0 Å². The Kier molecular flexibility index (Phi) is 6.50. The molecule has 0 atom stereocenters. The van der Waals surface area contributed by atoms with Gasteiger partial charge in [-0.15, -0.1) is 0 Å². The molecule has 2 aromatic carbocycles. The van der Waals surface area contributed by atoms with Crippen LogP contribution in [0.4, 0.5) is 5.69 Å². The lowest BCUT2D eigenvalue weighted by atomic mass is 10.2. The number of esters is 1. The van der Waals surface area contributed by atoms with E-state index in [2.05, 4.69) is 10.1 Å². The fourth-order valence-electron chi connectivity index (χ4n) is 1.97. The van der Waals surface area contributed by atoms with Crippen LogP contribution in [0.3, 0.4) is 0 Å². The smallest absolute Gasteiger partial charge is 0.343 e. The molecule has 0 aliphatic rings. The molecule has 7 heteroatoms. The number of carbonyl (C=O) groups is 2. The highest BCUT2D eigenvalue weighted by atomic mass is 16.6. The van der Waals surface area contributed by atoms with E-state index in [-0.39, 0.29) is 18.3 Å². The molecule has 2 rings (SSSR count). The second-order valence-electron chi connectivity index (χ2n) is 5.25. The van der Waals surface area contributed by atoms with Gasteiger partial charge in [0.15, 0.2) is 6.61 Å². The number of hydrogen-bond acceptors (Lipinski definition) is 5. The Balaban J connectivity index is 1.89. The minimum atomic E-state index is -0.457. The first kappa shape index (κ1) is 18.7. The minimum absolute atomic E-state index is 0.0261. The van der Waals surface area contributed by atoms with Crippen LogP contribution in [-0.4, -0.2) is 31.4 Å². The Hall–Kier alpha value is -3.61. The molecule has 26 heavy (non-hydrogen) atoms. The van der Waals surface area contributed by atoms with E-state index in [4.69, 9.17) is 15.9 Å². The number of nitrogen functional groups attached to an aromatic ring is 1. The first-order chi connectivity index (χ1) is 12.5. The third kappa shape index (κ3) is 5.79. The Morgan fingerprint density at radius 2 is 1.77 bits per heavy atom. The summed E-state index contributed by atoms with van der Waals surface area (Å²) in [6.07, 6.45) is 3.06. The molecule has 0 aliphatic carbocycles. The molecule has 0 saturated heterocycles. The molecule has 7 nitrogen and oxygen atoms in total. The summed E-state index contributed by atoms with van der Waals surface area (Å²) in [5, 5.41) is 10.0. The van der Waals surface area contributed by atoms with Gasteiger partial charge >= 0.3 is 5.97 Å². The van der Waals surface area contributed by atoms with Crippen LogP contribution in [-0.2, 0) is 14.3 Å². The fourth-order valence-corrected chi connectivity index (χ4v) is 1.97. The van der Waals surface area contributed by atoms with Crippen LogP contribution in [0.15, 0.2) is 54.6 Å². The average molecular weight is 353 g/mol. The molecular formula is C19H19N3O4. The van der Waals surface area contributed by atoms with E-state index in [9.17, 15) is 9.59 Å². The van der Waals surface area contributed by atoms with Crippen LogP contribution >= 0.6 is 0 Å². The molecule has 0 unspecified atom stereocenters. The number of carbonyl (C=O) groups excluding carboxylic acids is 2. The van der Waals surface area contributed by atoms with Gasteiger partial charge in [0.2, 0.25) is 5.91 Å². The van der Waals surface area contributed by atoms with E-state index in [1.54, 1.807) is 54.6 Å². The van der Waals surface area contributed by atoms with Crippen molar-refractivity contribution in [3.8, 4) is 5.75 Å². The first-order valence-corrected chi connectivity index (χ1v) is 7.71. The van der Waals surface area contributed by atoms with Crippen LogP contribution in [0.25, 0.3) is 6.08 Å². The SMILES string of the molecule is COC(=O)COc1ccc(/C=C/C(=O)Nc2ccc(C(=N)N)cc2)cc1. The van der Waals surface area contributed by atoms with Crippen molar-refractivity contribution in [3.63, 3.8) is 0 Å². The maximum absolute atomic E-state index is 11.9. The molecule has 0 spiro atoms. The second kappa shape index (κ2) is 9.03. The van der Waals surface area contributed by atoms with Gasteiger partial charge in [0, 0.05) is 17.3 Å². The van der Waals surface area contributed by atoms with Crippen molar-refractivity contribution in [2.75, 3.05) is 19.0 Å². The third-order valence-corrected chi connectivity index (χ3v) is 3.36. The predicted octanol–water partition coefficient (Wildman–Crippen LogP) is 2.17. The zero-order valence-corrected chi connectivity index (χ0v) is 14.2. The van der Waals surface area contributed by atoms with Gasteiger partial charge in [-0.1, -0.05) is 12.1 Å². The van der Waals surface area contributed by atoms with Gasteiger partial charge < -0.3 is 20.5 Å². The Morgan fingerprint density at radius 1 is 1.12 bits per heavy atom. The number of nitrogens with one attached hydrogen (secondary N) is 2. The molecule has 0 saturated carbocycles. The van der Waals surface area contributed by atoms with E-state index in [0.717, 1.165) is 5.56 Å². The molecule has 0 bridgehead atoms. The molecule has 0 fully saturated rings. The molecule has 1 amide bonds. The topological polar surface area (TPSA) is 114 Å². The van der Waals surface area contributed by atoms with Gasteiger partial charge in [0.1, 0.15) is 11.6 Å². The number of rotatable bonds is 7. The predicted molar refractivity (Wildman–Crippen MR) is 99.1 cm³/mol. The minimum Gasteiger partial charge on any atom is -0.482 e. The zero-order valence-electron chi connectivity index (χ0n) is 14.2. The quantitative estimate of drug-likeness (QED) is 0.305. The zero-order chi connectivity index (χ0) is 18.9. The number of ether oxygens (including phenoxy) is 2. The molecule has 0 aliphatic heterocycles. The third-order valence-electron chi connectivity index (χ3n) is 3.36. The lowest BCUT2D eigenvalue weighted by molar-refractivity contribution is -0.142. The number of methoxy groups -OCH3 is 1. The van der Waals surface area contributed by atoms with Crippen molar-refractivity contribution in [2.45, 2.75) is 0 Å². The van der Waals surface area contributed by atoms with E-state index in [0.29, 0.717) is 17.0 Å². The summed E-state index contributed by atoms with van der Waals surface area (Å²) in [5.41, 5.74) is 7.38. The van der Waals surface area contributed by atoms with Crippen molar-refractivity contribution in [2.24, 2.45) is 5.73 Å². The van der Waals surface area contributed by atoms with Crippen molar-refractivity contribution in [1.29, 1.82) is 5.41 Å². The lowest BCUT2D eigenvalue weighted by Gasteiger charge is -2.05. The van der Waals surface area contributed by atoms with Crippen molar-refractivity contribution in [3.05, 3.63) is 65.7 Å². The van der Waals surface area contributed by atoms with E-state index in [1.807, 2.05) is 0 Å². The van der Waals surface area contributed by atoms with E-state index in [1.165, 1.54) is 13.2 Å². The number of hydrogen-bond donors (Lipinski definition) is 3.